The lowest BCUT2D eigenvalue weighted by molar-refractivity contribution is 0.599. The van der Waals surface area contributed by atoms with E-state index in [2.05, 4.69) is 14.9 Å². The molecule has 1 heterocycles. The Kier molecular flexibility index (Phi) is 2.61. The van der Waals surface area contributed by atoms with Crippen LogP contribution in [-0.4, -0.2) is 18.6 Å². The van der Waals surface area contributed by atoms with Gasteiger partial charge in [-0.2, -0.15) is 5.10 Å². The van der Waals surface area contributed by atoms with E-state index in [0.717, 1.165) is 12.1 Å². The van der Waals surface area contributed by atoms with Gasteiger partial charge in [-0.15, -0.1) is 0 Å². The minimum atomic E-state index is -3.68. The summed E-state index contributed by atoms with van der Waals surface area (Å²) in [6, 6.07) is 4.56. The maximum absolute atomic E-state index is 12.6. The average Bonchev–Trinajstić information content (AvgIpc) is 2.70. The van der Waals surface area contributed by atoms with Crippen molar-refractivity contribution in [1.82, 2.24) is 10.2 Å². The molecule has 0 amide bonds. The summed E-state index contributed by atoms with van der Waals surface area (Å²) in [6.45, 7) is 0. The Hall–Kier alpha value is -1.89. The highest BCUT2D eigenvalue weighted by Crippen LogP contribution is 2.14. The molecule has 0 fully saturated rings. The van der Waals surface area contributed by atoms with E-state index in [9.17, 15) is 12.8 Å². The Bertz CT molecular complexity index is 563. The van der Waals surface area contributed by atoms with Gasteiger partial charge in [-0.1, -0.05) is 0 Å². The van der Waals surface area contributed by atoms with Crippen molar-refractivity contribution in [2.45, 2.75) is 4.90 Å². The summed E-state index contributed by atoms with van der Waals surface area (Å²) in [5.74, 6) is -0.484. The molecule has 0 aliphatic heterocycles. The standard InChI is InChI=1S/C9H8FN3O2S/c10-7-1-3-9(4-2-7)16(14,15)13-8-5-11-12-6-8/h1-6,13H,(H,11,12). The van der Waals surface area contributed by atoms with E-state index in [1.54, 1.807) is 0 Å². The van der Waals surface area contributed by atoms with Crippen LogP contribution in [0.15, 0.2) is 41.6 Å². The van der Waals surface area contributed by atoms with E-state index in [0.29, 0.717) is 5.69 Å². The van der Waals surface area contributed by atoms with Crippen LogP contribution in [0.3, 0.4) is 0 Å². The van der Waals surface area contributed by atoms with E-state index < -0.39 is 15.8 Å². The Morgan fingerprint density at radius 2 is 1.94 bits per heavy atom. The molecule has 2 aromatic rings. The lowest BCUT2D eigenvalue weighted by Crippen LogP contribution is -2.12. The van der Waals surface area contributed by atoms with E-state index in [1.807, 2.05) is 0 Å². The summed E-state index contributed by atoms with van der Waals surface area (Å²) in [5.41, 5.74) is 0.323. The molecule has 16 heavy (non-hydrogen) atoms. The number of rotatable bonds is 3. The van der Waals surface area contributed by atoms with E-state index in [4.69, 9.17) is 0 Å². The van der Waals surface area contributed by atoms with Gasteiger partial charge >= 0.3 is 0 Å². The molecular formula is C9H8FN3O2S. The molecule has 0 atom stereocenters. The van der Waals surface area contributed by atoms with Crippen molar-refractivity contribution in [3.05, 3.63) is 42.5 Å². The van der Waals surface area contributed by atoms with E-state index in [1.165, 1.54) is 24.5 Å². The van der Waals surface area contributed by atoms with Crippen LogP contribution in [-0.2, 0) is 10.0 Å². The number of H-pyrrole nitrogens is 1. The first-order chi connectivity index (χ1) is 7.58. The van der Waals surface area contributed by atoms with Crippen molar-refractivity contribution >= 4 is 15.7 Å². The minimum Gasteiger partial charge on any atom is -0.284 e. The van der Waals surface area contributed by atoms with Crippen molar-refractivity contribution in [2.24, 2.45) is 0 Å². The van der Waals surface area contributed by atoms with Crippen LogP contribution < -0.4 is 4.72 Å². The highest BCUT2D eigenvalue weighted by Gasteiger charge is 2.14. The summed E-state index contributed by atoms with van der Waals surface area (Å²) in [6.07, 6.45) is 2.74. The second-order valence-corrected chi connectivity index (χ2v) is 4.73. The van der Waals surface area contributed by atoms with Crippen LogP contribution >= 0.6 is 0 Å². The first kappa shape index (κ1) is 10.6. The fraction of sp³-hybridized carbons (Fsp3) is 0. The van der Waals surface area contributed by atoms with Gasteiger partial charge in [-0.3, -0.25) is 9.82 Å². The van der Waals surface area contributed by atoms with Gasteiger partial charge in [0.05, 0.1) is 16.8 Å². The molecule has 1 aromatic heterocycles. The molecule has 0 aliphatic rings. The number of sulfonamides is 1. The molecule has 1 aromatic carbocycles. The highest BCUT2D eigenvalue weighted by atomic mass is 32.2. The Morgan fingerprint density at radius 1 is 1.25 bits per heavy atom. The molecule has 5 nitrogen and oxygen atoms in total. The second-order valence-electron chi connectivity index (χ2n) is 3.05. The summed E-state index contributed by atoms with van der Waals surface area (Å²) in [5, 5.41) is 6.08. The van der Waals surface area contributed by atoms with Gasteiger partial charge in [0.1, 0.15) is 5.82 Å². The van der Waals surface area contributed by atoms with Crippen LogP contribution in [0.4, 0.5) is 10.1 Å². The molecule has 0 spiro atoms. The van der Waals surface area contributed by atoms with Gasteiger partial charge < -0.3 is 0 Å². The number of anilines is 1. The zero-order valence-electron chi connectivity index (χ0n) is 8.01. The summed E-state index contributed by atoms with van der Waals surface area (Å²) < 4.78 is 38.4. The van der Waals surface area contributed by atoms with Crippen molar-refractivity contribution < 1.29 is 12.8 Å². The van der Waals surface area contributed by atoms with Crippen LogP contribution in [0.1, 0.15) is 0 Å². The number of nitrogens with zero attached hydrogens (tertiary/aromatic N) is 1. The van der Waals surface area contributed by atoms with Crippen molar-refractivity contribution in [2.75, 3.05) is 4.72 Å². The topological polar surface area (TPSA) is 74.8 Å². The van der Waals surface area contributed by atoms with Crippen molar-refractivity contribution in [3.8, 4) is 0 Å². The lowest BCUT2D eigenvalue weighted by Gasteiger charge is -2.04. The fourth-order valence-electron chi connectivity index (χ4n) is 1.13. The van der Waals surface area contributed by atoms with Crippen LogP contribution in [0.25, 0.3) is 0 Å². The number of aromatic nitrogens is 2. The largest absolute Gasteiger partial charge is 0.284 e. The summed E-state index contributed by atoms with van der Waals surface area (Å²) in [7, 11) is -3.68. The van der Waals surface area contributed by atoms with Gasteiger partial charge in [0.15, 0.2) is 0 Å². The maximum Gasteiger partial charge on any atom is 0.261 e. The molecule has 7 heteroatoms. The van der Waals surface area contributed by atoms with Crippen molar-refractivity contribution in [1.29, 1.82) is 0 Å². The number of hydrogen-bond acceptors (Lipinski definition) is 3. The molecule has 0 aliphatic carbocycles. The minimum absolute atomic E-state index is 0.00454. The van der Waals surface area contributed by atoms with Crippen LogP contribution in [0, 0.1) is 5.82 Å². The van der Waals surface area contributed by atoms with Crippen molar-refractivity contribution in [3.63, 3.8) is 0 Å². The smallest absolute Gasteiger partial charge is 0.261 e. The van der Waals surface area contributed by atoms with Gasteiger partial charge in [0, 0.05) is 6.20 Å². The monoisotopic (exact) mass is 241 g/mol. The first-order valence-corrected chi connectivity index (χ1v) is 5.83. The normalized spacial score (nSPS) is 11.3. The van der Waals surface area contributed by atoms with Gasteiger partial charge in [-0.25, -0.2) is 12.8 Å². The zero-order valence-corrected chi connectivity index (χ0v) is 8.83. The number of benzene rings is 1. The Morgan fingerprint density at radius 3 is 2.50 bits per heavy atom. The third-order valence-corrected chi connectivity index (χ3v) is 3.27. The van der Waals surface area contributed by atoms with Crippen LogP contribution in [0.5, 0.6) is 0 Å². The molecule has 2 rings (SSSR count). The molecule has 0 radical (unpaired) electrons. The zero-order chi connectivity index (χ0) is 11.6. The summed E-state index contributed by atoms with van der Waals surface area (Å²) in [4.78, 5) is -0.00454. The van der Waals surface area contributed by atoms with Gasteiger partial charge in [0.25, 0.3) is 10.0 Å². The number of halogens is 1. The average molecular weight is 241 g/mol. The van der Waals surface area contributed by atoms with Crippen LogP contribution in [0.2, 0.25) is 0 Å². The van der Waals surface area contributed by atoms with E-state index >= 15 is 0 Å². The number of aromatic amines is 1. The predicted molar refractivity (Wildman–Crippen MR) is 55.8 cm³/mol. The quantitative estimate of drug-likeness (QED) is 0.851. The fourth-order valence-corrected chi connectivity index (χ4v) is 2.17. The number of hydrogen-bond donors (Lipinski definition) is 2. The predicted octanol–water partition coefficient (Wildman–Crippen LogP) is 1.35. The second kappa shape index (κ2) is 3.93. The maximum atomic E-state index is 12.6. The highest BCUT2D eigenvalue weighted by molar-refractivity contribution is 7.92. The molecule has 0 saturated heterocycles. The molecular weight excluding hydrogens is 233 g/mol. The molecule has 0 bridgehead atoms. The summed E-state index contributed by atoms with van der Waals surface area (Å²) >= 11 is 0. The molecule has 0 saturated carbocycles. The Labute approximate surface area is 91.4 Å². The third kappa shape index (κ3) is 2.19. The molecule has 0 unspecified atom stereocenters. The van der Waals surface area contributed by atoms with E-state index in [-0.39, 0.29) is 4.90 Å². The molecule has 2 N–H and O–H groups in total. The molecule has 84 valence electrons. The lowest BCUT2D eigenvalue weighted by atomic mass is 10.4. The van der Waals surface area contributed by atoms with Gasteiger partial charge in [-0.05, 0) is 24.3 Å². The first-order valence-electron chi connectivity index (χ1n) is 4.35. The van der Waals surface area contributed by atoms with Gasteiger partial charge in [0.2, 0.25) is 0 Å². The third-order valence-electron chi connectivity index (χ3n) is 1.87. The Balaban J connectivity index is 2.29. The number of nitrogens with one attached hydrogen (secondary N) is 2. The SMILES string of the molecule is O=S(=O)(Nc1cn[nH]c1)c1ccc(F)cc1.